The highest BCUT2D eigenvalue weighted by atomic mass is 127. The highest BCUT2D eigenvalue weighted by Gasteiger charge is 2.45. The lowest BCUT2D eigenvalue weighted by Gasteiger charge is -2.13. The van der Waals surface area contributed by atoms with Gasteiger partial charge in [0.15, 0.2) is 0 Å². The zero-order valence-corrected chi connectivity index (χ0v) is 9.49. The SMILES string of the molecule is CC[C@H]1COC2C1OC[C@H]2CI. The van der Waals surface area contributed by atoms with E-state index in [0.717, 1.165) is 17.6 Å². The maximum atomic E-state index is 5.75. The van der Waals surface area contributed by atoms with Gasteiger partial charge in [-0.1, -0.05) is 29.5 Å². The van der Waals surface area contributed by atoms with Crippen molar-refractivity contribution in [1.82, 2.24) is 0 Å². The Labute approximate surface area is 87.1 Å². The third-order valence-corrected chi connectivity index (χ3v) is 4.11. The first kappa shape index (κ1) is 9.21. The van der Waals surface area contributed by atoms with Crippen molar-refractivity contribution in [2.75, 3.05) is 17.6 Å². The number of hydrogen-bond donors (Lipinski definition) is 0. The lowest BCUT2D eigenvalue weighted by Crippen LogP contribution is -2.26. The highest BCUT2D eigenvalue weighted by Crippen LogP contribution is 2.36. The van der Waals surface area contributed by atoms with Gasteiger partial charge in [-0.05, 0) is 6.42 Å². The minimum absolute atomic E-state index is 0.409. The molecule has 0 aliphatic carbocycles. The van der Waals surface area contributed by atoms with E-state index in [1.807, 2.05) is 0 Å². The fraction of sp³-hybridized carbons (Fsp3) is 1.00. The van der Waals surface area contributed by atoms with Gasteiger partial charge >= 0.3 is 0 Å². The molecule has 0 radical (unpaired) electrons. The zero-order valence-electron chi connectivity index (χ0n) is 7.33. The smallest absolute Gasteiger partial charge is 0.0897 e. The number of fused-ring (bicyclic) bond motifs is 1. The van der Waals surface area contributed by atoms with E-state index in [-0.39, 0.29) is 0 Å². The van der Waals surface area contributed by atoms with Crippen molar-refractivity contribution in [2.24, 2.45) is 11.8 Å². The van der Waals surface area contributed by atoms with Crippen LogP contribution >= 0.6 is 22.6 Å². The van der Waals surface area contributed by atoms with Gasteiger partial charge in [0.1, 0.15) is 0 Å². The molecule has 0 bridgehead atoms. The summed E-state index contributed by atoms with van der Waals surface area (Å²) in [6, 6.07) is 0. The Hall–Kier alpha value is 0.650. The van der Waals surface area contributed by atoms with Crippen molar-refractivity contribution in [2.45, 2.75) is 25.6 Å². The molecule has 2 saturated heterocycles. The van der Waals surface area contributed by atoms with Crippen LogP contribution in [0.25, 0.3) is 0 Å². The van der Waals surface area contributed by atoms with E-state index >= 15 is 0 Å². The molecule has 2 aliphatic heterocycles. The summed E-state index contributed by atoms with van der Waals surface area (Å²) in [7, 11) is 0. The Kier molecular flexibility index (Phi) is 2.92. The third kappa shape index (κ3) is 1.40. The van der Waals surface area contributed by atoms with Crippen molar-refractivity contribution < 1.29 is 9.47 Å². The Morgan fingerprint density at radius 1 is 1.17 bits per heavy atom. The summed E-state index contributed by atoms with van der Waals surface area (Å²) in [6.45, 7) is 4.05. The number of halogens is 1. The third-order valence-electron chi connectivity index (χ3n) is 2.98. The topological polar surface area (TPSA) is 18.5 Å². The molecule has 2 aliphatic rings. The van der Waals surface area contributed by atoms with Gasteiger partial charge < -0.3 is 9.47 Å². The molecule has 2 fully saturated rings. The average Bonchev–Trinajstić information content (AvgIpc) is 2.62. The van der Waals surface area contributed by atoms with Gasteiger partial charge in [0.05, 0.1) is 25.4 Å². The van der Waals surface area contributed by atoms with Gasteiger partial charge in [0.25, 0.3) is 0 Å². The molecular weight excluding hydrogens is 267 g/mol. The summed E-state index contributed by atoms with van der Waals surface area (Å²) >= 11 is 2.42. The standard InChI is InChI=1S/C9H15IO2/c1-2-6-4-11-9-7(3-10)5-12-8(6)9/h6-9H,2-5H2,1H3/t6-,7+,8?,9?/m0/s1. The van der Waals surface area contributed by atoms with E-state index in [2.05, 4.69) is 29.5 Å². The van der Waals surface area contributed by atoms with Crippen molar-refractivity contribution in [3.8, 4) is 0 Å². The van der Waals surface area contributed by atoms with Crippen LogP contribution in [-0.2, 0) is 9.47 Å². The van der Waals surface area contributed by atoms with E-state index in [0.29, 0.717) is 24.0 Å². The molecule has 0 amide bonds. The first-order valence-electron chi connectivity index (χ1n) is 4.66. The normalized spacial score (nSPS) is 46.5. The lowest BCUT2D eigenvalue weighted by molar-refractivity contribution is 0.0613. The number of ether oxygens (including phenoxy) is 2. The second-order valence-electron chi connectivity index (χ2n) is 3.68. The van der Waals surface area contributed by atoms with Crippen LogP contribution < -0.4 is 0 Å². The van der Waals surface area contributed by atoms with Crippen LogP contribution in [0.4, 0.5) is 0 Å². The molecule has 0 spiro atoms. The molecule has 0 aromatic carbocycles. The van der Waals surface area contributed by atoms with Crippen LogP contribution in [0.5, 0.6) is 0 Å². The molecule has 0 saturated carbocycles. The minimum Gasteiger partial charge on any atom is -0.375 e. The predicted octanol–water partition coefficient (Wildman–Crippen LogP) is 1.86. The Morgan fingerprint density at radius 3 is 2.33 bits per heavy atom. The first-order valence-corrected chi connectivity index (χ1v) is 6.18. The molecule has 3 heteroatoms. The van der Waals surface area contributed by atoms with E-state index in [4.69, 9.17) is 9.47 Å². The summed E-state index contributed by atoms with van der Waals surface area (Å²) in [5, 5.41) is 0. The maximum absolute atomic E-state index is 5.75. The van der Waals surface area contributed by atoms with Gasteiger partial charge in [0.2, 0.25) is 0 Å². The molecule has 0 aromatic rings. The van der Waals surface area contributed by atoms with Crippen LogP contribution in [-0.4, -0.2) is 29.8 Å². The van der Waals surface area contributed by atoms with Crippen molar-refractivity contribution >= 4 is 22.6 Å². The molecule has 4 atom stereocenters. The lowest BCUT2D eigenvalue weighted by atomic mass is 9.96. The predicted molar refractivity (Wildman–Crippen MR) is 55.6 cm³/mol. The van der Waals surface area contributed by atoms with Crippen molar-refractivity contribution in [3.63, 3.8) is 0 Å². The summed E-state index contributed by atoms with van der Waals surface area (Å²) in [5.74, 6) is 1.30. The van der Waals surface area contributed by atoms with Crippen LogP contribution in [0.2, 0.25) is 0 Å². The van der Waals surface area contributed by atoms with Crippen LogP contribution in [0.3, 0.4) is 0 Å². The summed E-state index contributed by atoms with van der Waals surface area (Å²) in [4.78, 5) is 0. The van der Waals surface area contributed by atoms with Gasteiger partial charge in [-0.3, -0.25) is 0 Å². The molecule has 70 valence electrons. The zero-order chi connectivity index (χ0) is 8.55. The summed E-state index contributed by atoms with van der Waals surface area (Å²) in [6.07, 6.45) is 2.01. The van der Waals surface area contributed by atoms with Crippen molar-refractivity contribution in [3.05, 3.63) is 0 Å². The molecule has 2 unspecified atom stereocenters. The second-order valence-corrected chi connectivity index (χ2v) is 4.56. The van der Waals surface area contributed by atoms with Gasteiger partial charge in [0, 0.05) is 16.3 Å². The molecule has 2 rings (SSSR count). The Balaban J connectivity index is 2.01. The highest BCUT2D eigenvalue weighted by molar-refractivity contribution is 14.1. The van der Waals surface area contributed by atoms with E-state index < -0.39 is 0 Å². The van der Waals surface area contributed by atoms with E-state index in [9.17, 15) is 0 Å². The van der Waals surface area contributed by atoms with Crippen molar-refractivity contribution in [1.29, 1.82) is 0 Å². The Bertz CT molecular complexity index is 145. The van der Waals surface area contributed by atoms with Gasteiger partial charge in [-0.15, -0.1) is 0 Å². The second kappa shape index (κ2) is 3.80. The molecule has 2 heterocycles. The van der Waals surface area contributed by atoms with Crippen LogP contribution in [0.1, 0.15) is 13.3 Å². The van der Waals surface area contributed by atoms with E-state index in [1.54, 1.807) is 0 Å². The first-order chi connectivity index (χ1) is 5.86. The fourth-order valence-corrected chi connectivity index (χ4v) is 2.90. The van der Waals surface area contributed by atoms with Gasteiger partial charge in [-0.2, -0.15) is 0 Å². The monoisotopic (exact) mass is 282 g/mol. The van der Waals surface area contributed by atoms with Crippen LogP contribution in [0, 0.1) is 11.8 Å². The maximum Gasteiger partial charge on any atom is 0.0897 e. The molecule has 0 N–H and O–H groups in total. The van der Waals surface area contributed by atoms with Crippen LogP contribution in [0.15, 0.2) is 0 Å². The Morgan fingerprint density at radius 2 is 1.75 bits per heavy atom. The largest absolute Gasteiger partial charge is 0.375 e. The molecule has 2 nitrogen and oxygen atoms in total. The van der Waals surface area contributed by atoms with Gasteiger partial charge in [-0.25, -0.2) is 0 Å². The summed E-state index contributed by atoms with van der Waals surface area (Å²) in [5.41, 5.74) is 0. The number of alkyl halides is 1. The number of hydrogen-bond acceptors (Lipinski definition) is 2. The van der Waals surface area contributed by atoms with E-state index in [1.165, 1.54) is 6.42 Å². The summed E-state index contributed by atoms with van der Waals surface area (Å²) < 4.78 is 12.7. The number of rotatable bonds is 2. The molecule has 0 aromatic heterocycles. The average molecular weight is 282 g/mol. The molecule has 12 heavy (non-hydrogen) atoms. The fourth-order valence-electron chi connectivity index (χ4n) is 2.14. The quantitative estimate of drug-likeness (QED) is 0.568. The molecular formula is C9H15IO2. The minimum atomic E-state index is 0.409.